The van der Waals surface area contributed by atoms with Crippen molar-refractivity contribution in [1.82, 2.24) is 10.2 Å². The van der Waals surface area contributed by atoms with Gasteiger partial charge in [0.1, 0.15) is 5.75 Å². The van der Waals surface area contributed by atoms with E-state index in [4.69, 9.17) is 16.3 Å². The molecule has 1 aromatic rings. The first kappa shape index (κ1) is 16.6. The molecule has 2 unspecified atom stereocenters. The predicted molar refractivity (Wildman–Crippen MR) is 89.1 cm³/mol. The number of nitrogens with zero attached hydrogens (tertiary/aromatic N) is 1. The molecule has 1 N–H and O–H groups in total. The van der Waals surface area contributed by atoms with E-state index >= 15 is 0 Å². The Hall–Kier alpha value is -0.770. The average molecular weight is 311 g/mol. The fraction of sp³-hybridized carbons (Fsp3) is 0.647. The van der Waals surface area contributed by atoms with E-state index in [1.165, 1.54) is 5.56 Å². The highest BCUT2D eigenvalue weighted by Gasteiger charge is 2.28. The monoisotopic (exact) mass is 310 g/mol. The van der Waals surface area contributed by atoms with Gasteiger partial charge in [0.2, 0.25) is 0 Å². The Morgan fingerprint density at radius 2 is 2.19 bits per heavy atom. The highest BCUT2D eigenvalue weighted by Crippen LogP contribution is 2.26. The summed E-state index contributed by atoms with van der Waals surface area (Å²) >= 11 is 6.15. The van der Waals surface area contributed by atoms with E-state index in [1.807, 2.05) is 18.2 Å². The second kappa shape index (κ2) is 7.48. The maximum atomic E-state index is 6.15. The zero-order valence-corrected chi connectivity index (χ0v) is 14.3. The third kappa shape index (κ3) is 4.12. The van der Waals surface area contributed by atoms with Gasteiger partial charge in [0.05, 0.1) is 7.11 Å². The van der Waals surface area contributed by atoms with Crippen LogP contribution >= 0.6 is 11.6 Å². The minimum Gasteiger partial charge on any atom is -0.496 e. The van der Waals surface area contributed by atoms with Crippen molar-refractivity contribution in [3.63, 3.8) is 0 Å². The molecular formula is C17H27ClN2O. The van der Waals surface area contributed by atoms with E-state index in [0.29, 0.717) is 18.0 Å². The molecule has 0 saturated carbocycles. The Morgan fingerprint density at radius 1 is 1.43 bits per heavy atom. The fourth-order valence-electron chi connectivity index (χ4n) is 3.02. The van der Waals surface area contributed by atoms with Crippen molar-refractivity contribution < 1.29 is 4.74 Å². The van der Waals surface area contributed by atoms with Crippen molar-refractivity contribution in [3.05, 3.63) is 28.8 Å². The van der Waals surface area contributed by atoms with Crippen molar-refractivity contribution in [2.75, 3.05) is 20.2 Å². The summed E-state index contributed by atoms with van der Waals surface area (Å²) in [5.74, 6) is 1.57. The van der Waals surface area contributed by atoms with E-state index in [9.17, 15) is 0 Å². The van der Waals surface area contributed by atoms with Gasteiger partial charge in [0.15, 0.2) is 0 Å². The summed E-state index contributed by atoms with van der Waals surface area (Å²) in [4.78, 5) is 2.56. The Labute approximate surface area is 133 Å². The highest BCUT2D eigenvalue weighted by atomic mass is 35.5. The number of hydrogen-bond acceptors (Lipinski definition) is 3. The number of ether oxygens (including phenoxy) is 1. The number of piperazine rings is 1. The maximum Gasteiger partial charge on any atom is 0.123 e. The van der Waals surface area contributed by atoms with Gasteiger partial charge in [-0.15, -0.1) is 0 Å². The van der Waals surface area contributed by atoms with Crippen LogP contribution in [0.2, 0.25) is 5.02 Å². The Kier molecular flexibility index (Phi) is 5.91. The number of methoxy groups -OCH3 is 1. The third-order valence-corrected chi connectivity index (χ3v) is 4.69. The maximum absolute atomic E-state index is 6.15. The van der Waals surface area contributed by atoms with E-state index in [1.54, 1.807) is 7.11 Å². The van der Waals surface area contributed by atoms with Gasteiger partial charge in [-0.25, -0.2) is 0 Å². The zero-order valence-electron chi connectivity index (χ0n) is 13.5. The fourth-order valence-corrected chi connectivity index (χ4v) is 3.21. The molecule has 0 aliphatic carbocycles. The molecule has 1 saturated heterocycles. The molecule has 0 bridgehead atoms. The SMILES string of the molecule is CCC1CNC(C(C)C)CN1Cc1cc(Cl)ccc1OC. The van der Waals surface area contributed by atoms with Gasteiger partial charge in [-0.3, -0.25) is 4.90 Å². The standard InChI is InChI=1S/C17H27ClN2O/c1-5-15-9-19-16(12(2)3)11-20(15)10-13-8-14(18)6-7-17(13)21-4/h6-8,12,15-16,19H,5,9-11H2,1-4H3. The van der Waals surface area contributed by atoms with Crippen LogP contribution in [0.25, 0.3) is 0 Å². The lowest BCUT2D eigenvalue weighted by molar-refractivity contribution is 0.102. The van der Waals surface area contributed by atoms with E-state index in [2.05, 4.69) is 31.0 Å². The van der Waals surface area contributed by atoms with Gasteiger partial charge in [-0.1, -0.05) is 32.4 Å². The Morgan fingerprint density at radius 3 is 2.81 bits per heavy atom. The first-order chi connectivity index (χ1) is 10.0. The van der Waals surface area contributed by atoms with Gasteiger partial charge in [0, 0.05) is 42.3 Å². The molecule has 0 radical (unpaired) electrons. The van der Waals surface area contributed by atoms with E-state index < -0.39 is 0 Å². The van der Waals surface area contributed by atoms with Crippen LogP contribution in [-0.4, -0.2) is 37.2 Å². The molecule has 1 aliphatic rings. The van der Waals surface area contributed by atoms with Crippen molar-refractivity contribution in [2.45, 2.75) is 45.8 Å². The van der Waals surface area contributed by atoms with Crippen LogP contribution in [-0.2, 0) is 6.54 Å². The molecule has 118 valence electrons. The minimum absolute atomic E-state index is 0.554. The summed E-state index contributed by atoms with van der Waals surface area (Å²) in [6.45, 7) is 9.84. The summed E-state index contributed by atoms with van der Waals surface area (Å²) < 4.78 is 5.48. The summed E-state index contributed by atoms with van der Waals surface area (Å²) in [5.41, 5.74) is 1.17. The molecule has 0 spiro atoms. The zero-order chi connectivity index (χ0) is 15.4. The summed E-state index contributed by atoms with van der Waals surface area (Å²) in [6.07, 6.45) is 1.15. The van der Waals surface area contributed by atoms with Gasteiger partial charge < -0.3 is 10.1 Å². The molecule has 0 aromatic heterocycles. The van der Waals surface area contributed by atoms with Crippen LogP contribution in [0.4, 0.5) is 0 Å². The minimum atomic E-state index is 0.554. The van der Waals surface area contributed by atoms with Gasteiger partial charge >= 0.3 is 0 Å². The van der Waals surface area contributed by atoms with Crippen molar-refractivity contribution >= 4 is 11.6 Å². The Bertz CT molecular complexity index is 464. The van der Waals surface area contributed by atoms with Crippen LogP contribution in [0.5, 0.6) is 5.75 Å². The smallest absolute Gasteiger partial charge is 0.123 e. The lowest BCUT2D eigenvalue weighted by Gasteiger charge is -2.41. The lowest BCUT2D eigenvalue weighted by atomic mass is 9.97. The number of rotatable bonds is 5. The van der Waals surface area contributed by atoms with Crippen LogP contribution in [0.3, 0.4) is 0 Å². The second-order valence-corrected chi connectivity index (χ2v) is 6.64. The molecule has 3 nitrogen and oxygen atoms in total. The first-order valence-corrected chi connectivity index (χ1v) is 8.22. The van der Waals surface area contributed by atoms with Crippen molar-refractivity contribution in [2.24, 2.45) is 5.92 Å². The van der Waals surface area contributed by atoms with Crippen molar-refractivity contribution in [1.29, 1.82) is 0 Å². The van der Waals surface area contributed by atoms with Gasteiger partial charge in [-0.05, 0) is 30.5 Å². The van der Waals surface area contributed by atoms with Gasteiger partial charge in [0.25, 0.3) is 0 Å². The van der Waals surface area contributed by atoms with E-state index in [0.717, 1.165) is 36.8 Å². The highest BCUT2D eigenvalue weighted by molar-refractivity contribution is 6.30. The molecule has 21 heavy (non-hydrogen) atoms. The quantitative estimate of drug-likeness (QED) is 0.900. The molecule has 0 amide bonds. The van der Waals surface area contributed by atoms with Crippen molar-refractivity contribution in [3.8, 4) is 5.75 Å². The molecule has 1 heterocycles. The predicted octanol–water partition coefficient (Wildman–Crippen LogP) is 3.56. The Balaban J connectivity index is 2.16. The van der Waals surface area contributed by atoms with Gasteiger partial charge in [-0.2, -0.15) is 0 Å². The van der Waals surface area contributed by atoms with Crippen LogP contribution in [0.15, 0.2) is 18.2 Å². The molecule has 2 rings (SSSR count). The topological polar surface area (TPSA) is 24.5 Å². The molecule has 2 atom stereocenters. The van der Waals surface area contributed by atoms with E-state index in [-0.39, 0.29) is 0 Å². The second-order valence-electron chi connectivity index (χ2n) is 6.21. The molecule has 4 heteroatoms. The average Bonchev–Trinajstić information content (AvgIpc) is 2.47. The van der Waals surface area contributed by atoms with Crippen LogP contribution < -0.4 is 10.1 Å². The summed E-state index contributed by atoms with van der Waals surface area (Å²) in [5, 5.41) is 4.45. The number of hydrogen-bond donors (Lipinski definition) is 1. The molecular weight excluding hydrogens is 284 g/mol. The number of halogens is 1. The number of benzene rings is 1. The third-order valence-electron chi connectivity index (χ3n) is 4.46. The molecule has 1 aromatic carbocycles. The summed E-state index contributed by atoms with van der Waals surface area (Å²) in [7, 11) is 1.72. The normalized spacial score (nSPS) is 23.5. The summed E-state index contributed by atoms with van der Waals surface area (Å²) in [6, 6.07) is 7.00. The molecule has 1 aliphatic heterocycles. The molecule has 1 fully saturated rings. The van der Waals surface area contributed by atoms with Crippen LogP contribution in [0, 0.1) is 5.92 Å². The number of nitrogens with one attached hydrogen (secondary N) is 1. The largest absolute Gasteiger partial charge is 0.496 e. The van der Waals surface area contributed by atoms with Crippen LogP contribution in [0.1, 0.15) is 32.8 Å². The first-order valence-electron chi connectivity index (χ1n) is 7.85. The lowest BCUT2D eigenvalue weighted by Crippen LogP contribution is -2.57.